The third-order valence-corrected chi connectivity index (χ3v) is 3.50. The summed E-state index contributed by atoms with van der Waals surface area (Å²) in [4.78, 5) is 22.3. The first-order valence-electron chi connectivity index (χ1n) is 7.38. The molecule has 7 nitrogen and oxygen atoms in total. The number of nitrogens with zero attached hydrogens (tertiary/aromatic N) is 1. The maximum Gasteiger partial charge on any atom is 0.271 e. The van der Waals surface area contributed by atoms with Crippen molar-refractivity contribution in [1.29, 1.82) is 0 Å². The van der Waals surface area contributed by atoms with Crippen molar-refractivity contribution in [3.8, 4) is 5.75 Å². The van der Waals surface area contributed by atoms with Gasteiger partial charge in [0, 0.05) is 24.4 Å². The zero-order chi connectivity index (χ0) is 17.5. The zero-order valence-corrected chi connectivity index (χ0v) is 13.5. The first kappa shape index (κ1) is 17.3. The molecular weight excluding hydrogens is 310 g/mol. The van der Waals surface area contributed by atoms with Crippen LogP contribution in [-0.2, 0) is 11.3 Å². The van der Waals surface area contributed by atoms with Crippen molar-refractivity contribution >= 4 is 17.3 Å². The molecule has 0 bridgehead atoms. The van der Waals surface area contributed by atoms with Crippen LogP contribution in [0.3, 0.4) is 0 Å². The monoisotopic (exact) mass is 329 g/mol. The number of benzene rings is 2. The molecule has 0 radical (unpaired) electrons. The van der Waals surface area contributed by atoms with Crippen LogP contribution < -0.4 is 15.4 Å². The number of non-ortho nitro benzene ring substituents is 1. The summed E-state index contributed by atoms with van der Waals surface area (Å²) in [6, 6.07) is 11.9. The molecule has 0 heterocycles. The van der Waals surface area contributed by atoms with Crippen molar-refractivity contribution in [2.24, 2.45) is 0 Å². The molecule has 0 saturated heterocycles. The second-order valence-corrected chi connectivity index (χ2v) is 5.24. The Morgan fingerprint density at radius 2 is 2.04 bits per heavy atom. The Morgan fingerprint density at radius 1 is 1.25 bits per heavy atom. The predicted octanol–water partition coefficient (Wildman–Crippen LogP) is 2.64. The van der Waals surface area contributed by atoms with Crippen LogP contribution in [-0.4, -0.2) is 24.5 Å². The number of nitro groups is 1. The third kappa shape index (κ3) is 4.70. The van der Waals surface area contributed by atoms with E-state index in [1.54, 1.807) is 13.2 Å². The number of rotatable bonds is 7. The second-order valence-electron chi connectivity index (χ2n) is 5.24. The minimum Gasteiger partial charge on any atom is -0.497 e. The molecule has 2 aromatic rings. The highest BCUT2D eigenvalue weighted by Crippen LogP contribution is 2.21. The van der Waals surface area contributed by atoms with Gasteiger partial charge in [-0.2, -0.15) is 0 Å². The van der Waals surface area contributed by atoms with Crippen molar-refractivity contribution in [2.45, 2.75) is 13.5 Å². The van der Waals surface area contributed by atoms with Gasteiger partial charge in [0.15, 0.2) is 0 Å². The number of hydrogen-bond donors (Lipinski definition) is 2. The lowest BCUT2D eigenvalue weighted by Gasteiger charge is -2.10. The van der Waals surface area contributed by atoms with Gasteiger partial charge < -0.3 is 15.4 Å². The van der Waals surface area contributed by atoms with Crippen LogP contribution in [0.15, 0.2) is 42.5 Å². The molecule has 0 spiro atoms. The summed E-state index contributed by atoms with van der Waals surface area (Å²) < 4.78 is 5.13. The lowest BCUT2D eigenvalue weighted by Crippen LogP contribution is -2.29. The number of hydrogen-bond acceptors (Lipinski definition) is 5. The van der Waals surface area contributed by atoms with Gasteiger partial charge in [-0.15, -0.1) is 0 Å². The van der Waals surface area contributed by atoms with E-state index in [1.807, 2.05) is 31.2 Å². The SMILES string of the molecule is COc1cccc(CNC(=O)CNc2cc([N+](=O)[O-])ccc2C)c1. The Bertz CT molecular complexity index is 746. The average molecular weight is 329 g/mol. The molecule has 24 heavy (non-hydrogen) atoms. The minimum atomic E-state index is -0.465. The minimum absolute atomic E-state index is 0.0140. The van der Waals surface area contributed by atoms with Crippen LogP contribution in [0.2, 0.25) is 0 Å². The van der Waals surface area contributed by atoms with Crippen LogP contribution in [0.5, 0.6) is 5.75 Å². The first-order chi connectivity index (χ1) is 11.5. The number of methoxy groups -OCH3 is 1. The van der Waals surface area contributed by atoms with E-state index < -0.39 is 4.92 Å². The van der Waals surface area contributed by atoms with Gasteiger partial charge in [-0.3, -0.25) is 14.9 Å². The van der Waals surface area contributed by atoms with Gasteiger partial charge in [-0.1, -0.05) is 18.2 Å². The number of ether oxygens (including phenoxy) is 1. The maximum atomic E-state index is 11.9. The van der Waals surface area contributed by atoms with Gasteiger partial charge in [-0.25, -0.2) is 0 Å². The number of aryl methyl sites for hydroxylation is 1. The molecule has 0 fully saturated rings. The summed E-state index contributed by atoms with van der Waals surface area (Å²) >= 11 is 0. The lowest BCUT2D eigenvalue weighted by atomic mass is 10.2. The second kappa shape index (κ2) is 7.96. The van der Waals surface area contributed by atoms with E-state index in [2.05, 4.69) is 10.6 Å². The number of amides is 1. The summed E-state index contributed by atoms with van der Waals surface area (Å²) in [5.74, 6) is 0.524. The Balaban J connectivity index is 1.89. The van der Waals surface area contributed by atoms with Crippen LogP contribution in [0.4, 0.5) is 11.4 Å². The molecule has 7 heteroatoms. The fourth-order valence-corrected chi connectivity index (χ4v) is 2.14. The number of nitrogens with one attached hydrogen (secondary N) is 2. The quantitative estimate of drug-likeness (QED) is 0.601. The van der Waals surface area contributed by atoms with Gasteiger partial charge in [0.25, 0.3) is 5.69 Å². The average Bonchev–Trinajstić information content (AvgIpc) is 2.59. The van der Waals surface area contributed by atoms with Gasteiger partial charge >= 0.3 is 0 Å². The molecular formula is C17H19N3O4. The zero-order valence-electron chi connectivity index (χ0n) is 13.5. The first-order valence-corrected chi connectivity index (χ1v) is 7.38. The van der Waals surface area contributed by atoms with E-state index >= 15 is 0 Å². The largest absolute Gasteiger partial charge is 0.497 e. The fraction of sp³-hybridized carbons (Fsp3) is 0.235. The Morgan fingerprint density at radius 3 is 2.75 bits per heavy atom. The Kier molecular flexibility index (Phi) is 5.73. The van der Waals surface area contributed by atoms with Gasteiger partial charge in [0.05, 0.1) is 18.6 Å². The highest BCUT2D eigenvalue weighted by atomic mass is 16.6. The van der Waals surface area contributed by atoms with E-state index in [4.69, 9.17) is 4.74 Å². The Hall–Kier alpha value is -3.09. The molecule has 2 aromatic carbocycles. The van der Waals surface area contributed by atoms with E-state index in [-0.39, 0.29) is 18.1 Å². The van der Waals surface area contributed by atoms with Gasteiger partial charge in [0.1, 0.15) is 5.75 Å². The van der Waals surface area contributed by atoms with Crippen molar-refractivity contribution in [3.05, 3.63) is 63.7 Å². The van der Waals surface area contributed by atoms with Crippen molar-refractivity contribution in [1.82, 2.24) is 5.32 Å². The molecule has 1 amide bonds. The molecule has 2 rings (SSSR count). The summed E-state index contributed by atoms with van der Waals surface area (Å²) in [5, 5.41) is 16.5. The van der Waals surface area contributed by atoms with Gasteiger partial charge in [0.2, 0.25) is 5.91 Å². The lowest BCUT2D eigenvalue weighted by molar-refractivity contribution is -0.384. The molecule has 0 aromatic heterocycles. The number of carbonyl (C=O) groups is 1. The molecule has 0 aliphatic carbocycles. The fourth-order valence-electron chi connectivity index (χ4n) is 2.14. The number of carbonyl (C=O) groups excluding carboxylic acids is 1. The summed E-state index contributed by atoms with van der Waals surface area (Å²) in [6.07, 6.45) is 0. The standard InChI is InChI=1S/C17H19N3O4/c1-12-6-7-14(20(22)23)9-16(12)18-11-17(21)19-10-13-4-3-5-15(8-13)24-2/h3-9,18H,10-11H2,1-2H3,(H,19,21). The van der Waals surface area contributed by atoms with E-state index in [0.717, 1.165) is 16.9 Å². The molecule has 0 aliphatic rings. The summed E-state index contributed by atoms with van der Waals surface area (Å²) in [7, 11) is 1.59. The van der Waals surface area contributed by atoms with Crippen molar-refractivity contribution < 1.29 is 14.5 Å². The normalized spacial score (nSPS) is 10.1. The van der Waals surface area contributed by atoms with Crippen LogP contribution in [0.1, 0.15) is 11.1 Å². The van der Waals surface area contributed by atoms with Crippen molar-refractivity contribution in [3.63, 3.8) is 0 Å². The molecule has 0 atom stereocenters. The molecule has 0 saturated carbocycles. The van der Waals surface area contributed by atoms with E-state index in [9.17, 15) is 14.9 Å². The highest BCUT2D eigenvalue weighted by molar-refractivity contribution is 5.81. The molecule has 0 unspecified atom stereocenters. The van der Waals surface area contributed by atoms with Crippen molar-refractivity contribution in [2.75, 3.05) is 19.0 Å². The van der Waals surface area contributed by atoms with E-state index in [1.165, 1.54) is 12.1 Å². The predicted molar refractivity (Wildman–Crippen MR) is 91.2 cm³/mol. The number of nitro benzene ring substituents is 1. The maximum absolute atomic E-state index is 11.9. The topological polar surface area (TPSA) is 93.5 Å². The van der Waals surface area contributed by atoms with Crippen LogP contribution >= 0.6 is 0 Å². The van der Waals surface area contributed by atoms with E-state index in [0.29, 0.717) is 12.2 Å². The van der Waals surface area contributed by atoms with Crippen LogP contribution in [0.25, 0.3) is 0 Å². The molecule has 0 aliphatic heterocycles. The molecule has 2 N–H and O–H groups in total. The highest BCUT2D eigenvalue weighted by Gasteiger charge is 2.09. The summed E-state index contributed by atoms with van der Waals surface area (Å²) in [5.41, 5.74) is 2.32. The number of anilines is 1. The smallest absolute Gasteiger partial charge is 0.271 e. The Labute approximate surface area is 139 Å². The molecule has 126 valence electrons. The third-order valence-electron chi connectivity index (χ3n) is 3.50. The van der Waals surface area contributed by atoms with Crippen LogP contribution in [0, 0.1) is 17.0 Å². The summed E-state index contributed by atoms with van der Waals surface area (Å²) in [6.45, 7) is 2.23. The van der Waals surface area contributed by atoms with Gasteiger partial charge in [-0.05, 0) is 30.2 Å².